The van der Waals surface area contributed by atoms with Gasteiger partial charge in [0.2, 0.25) is 0 Å². The standard InChI is InChI=1S/C21H17N3O3S/c1-26-17-7-5-6-14(11-17)21-23-16(13-28-21)10-15(12-22)20(25)24-18-8-3-4-9-19(18)27-2/h3-11,13H,1-2H3,(H,24,25)/b15-10-. The first-order valence-electron chi connectivity index (χ1n) is 8.30. The Kier molecular flexibility index (Phi) is 6.04. The van der Waals surface area contributed by atoms with Gasteiger partial charge in [-0.15, -0.1) is 11.3 Å². The van der Waals surface area contributed by atoms with Crippen molar-refractivity contribution >= 4 is 29.0 Å². The third-order valence-corrected chi connectivity index (χ3v) is 4.76. The van der Waals surface area contributed by atoms with Crippen LogP contribution >= 0.6 is 11.3 Å². The number of thiazole rings is 1. The van der Waals surface area contributed by atoms with Crippen LogP contribution in [0.2, 0.25) is 0 Å². The van der Waals surface area contributed by atoms with Gasteiger partial charge in [-0.25, -0.2) is 4.98 Å². The van der Waals surface area contributed by atoms with E-state index in [0.29, 0.717) is 17.1 Å². The summed E-state index contributed by atoms with van der Waals surface area (Å²) in [6.07, 6.45) is 1.46. The van der Waals surface area contributed by atoms with Crippen molar-refractivity contribution in [2.24, 2.45) is 0 Å². The molecule has 1 N–H and O–H groups in total. The number of nitrogens with one attached hydrogen (secondary N) is 1. The summed E-state index contributed by atoms with van der Waals surface area (Å²) in [5.41, 5.74) is 1.88. The number of methoxy groups -OCH3 is 2. The van der Waals surface area contributed by atoms with Gasteiger partial charge in [-0.2, -0.15) is 5.26 Å². The Bertz CT molecular complexity index is 1070. The van der Waals surface area contributed by atoms with E-state index in [1.807, 2.05) is 30.3 Å². The van der Waals surface area contributed by atoms with Crippen molar-refractivity contribution in [3.05, 3.63) is 65.2 Å². The molecule has 0 aliphatic carbocycles. The maximum absolute atomic E-state index is 12.5. The second kappa shape index (κ2) is 8.84. The molecule has 0 atom stereocenters. The largest absolute Gasteiger partial charge is 0.497 e. The zero-order chi connectivity index (χ0) is 19.9. The number of carbonyl (C=O) groups excluding carboxylic acids is 1. The van der Waals surface area contributed by atoms with E-state index in [4.69, 9.17) is 9.47 Å². The van der Waals surface area contributed by atoms with Gasteiger partial charge in [0.15, 0.2) is 0 Å². The van der Waals surface area contributed by atoms with Crippen LogP contribution in [0.15, 0.2) is 59.5 Å². The summed E-state index contributed by atoms with van der Waals surface area (Å²) in [6.45, 7) is 0. The quantitative estimate of drug-likeness (QED) is 0.498. The lowest BCUT2D eigenvalue weighted by Crippen LogP contribution is -2.14. The molecule has 6 nitrogen and oxygen atoms in total. The molecule has 1 heterocycles. The highest BCUT2D eigenvalue weighted by atomic mass is 32.1. The molecule has 28 heavy (non-hydrogen) atoms. The van der Waals surface area contributed by atoms with Gasteiger partial charge in [-0.05, 0) is 30.3 Å². The van der Waals surface area contributed by atoms with Crippen molar-refractivity contribution in [2.45, 2.75) is 0 Å². The van der Waals surface area contributed by atoms with Gasteiger partial charge >= 0.3 is 0 Å². The number of amides is 1. The fourth-order valence-electron chi connectivity index (χ4n) is 2.48. The number of nitrogens with zero attached hydrogens (tertiary/aromatic N) is 2. The van der Waals surface area contributed by atoms with Crippen LogP contribution in [0.4, 0.5) is 5.69 Å². The molecular weight excluding hydrogens is 374 g/mol. The van der Waals surface area contributed by atoms with Crippen LogP contribution < -0.4 is 14.8 Å². The molecule has 7 heteroatoms. The molecule has 0 saturated heterocycles. The highest BCUT2D eigenvalue weighted by molar-refractivity contribution is 7.13. The second-order valence-corrected chi connectivity index (χ2v) is 6.49. The Morgan fingerprint density at radius 1 is 1.18 bits per heavy atom. The Morgan fingerprint density at radius 2 is 2.00 bits per heavy atom. The van der Waals surface area contributed by atoms with Crippen molar-refractivity contribution in [1.29, 1.82) is 5.26 Å². The van der Waals surface area contributed by atoms with E-state index < -0.39 is 5.91 Å². The molecule has 3 aromatic rings. The number of nitriles is 1. The van der Waals surface area contributed by atoms with Crippen LogP contribution in [0.5, 0.6) is 11.5 Å². The maximum Gasteiger partial charge on any atom is 0.266 e. The zero-order valence-electron chi connectivity index (χ0n) is 15.3. The molecule has 0 saturated carbocycles. The smallest absolute Gasteiger partial charge is 0.266 e. The van der Waals surface area contributed by atoms with Crippen molar-refractivity contribution in [3.8, 4) is 28.1 Å². The fourth-order valence-corrected chi connectivity index (χ4v) is 3.25. The Labute approximate surface area is 166 Å². The monoisotopic (exact) mass is 391 g/mol. The number of aromatic nitrogens is 1. The van der Waals surface area contributed by atoms with E-state index in [0.717, 1.165) is 16.3 Å². The predicted molar refractivity (Wildman–Crippen MR) is 109 cm³/mol. The summed E-state index contributed by atoms with van der Waals surface area (Å²) in [5.74, 6) is 0.726. The molecule has 3 rings (SSSR count). The summed E-state index contributed by atoms with van der Waals surface area (Å²) >= 11 is 1.42. The summed E-state index contributed by atoms with van der Waals surface area (Å²) in [5, 5.41) is 14.7. The molecule has 0 fully saturated rings. The third-order valence-electron chi connectivity index (χ3n) is 3.85. The van der Waals surface area contributed by atoms with Gasteiger partial charge in [-0.3, -0.25) is 4.79 Å². The second-order valence-electron chi connectivity index (χ2n) is 5.63. The van der Waals surface area contributed by atoms with Crippen LogP contribution in [0.25, 0.3) is 16.6 Å². The van der Waals surface area contributed by atoms with Gasteiger partial charge < -0.3 is 14.8 Å². The van der Waals surface area contributed by atoms with Crippen LogP contribution in [0.1, 0.15) is 5.69 Å². The molecular formula is C21H17N3O3S. The number of anilines is 1. The van der Waals surface area contributed by atoms with E-state index in [2.05, 4.69) is 10.3 Å². The minimum absolute atomic E-state index is 0.0478. The van der Waals surface area contributed by atoms with E-state index in [-0.39, 0.29) is 5.57 Å². The van der Waals surface area contributed by atoms with Crippen LogP contribution in [0.3, 0.4) is 0 Å². The van der Waals surface area contributed by atoms with Gasteiger partial charge in [0.05, 0.1) is 25.6 Å². The third kappa shape index (κ3) is 4.37. The number of rotatable bonds is 6. The molecule has 140 valence electrons. The zero-order valence-corrected chi connectivity index (χ0v) is 16.1. The first-order chi connectivity index (χ1) is 13.6. The average Bonchev–Trinajstić information content (AvgIpc) is 3.21. The lowest BCUT2D eigenvalue weighted by atomic mass is 10.2. The first kappa shape index (κ1) is 19.1. The van der Waals surface area contributed by atoms with Gasteiger partial charge in [0.1, 0.15) is 28.1 Å². The van der Waals surface area contributed by atoms with E-state index in [1.54, 1.807) is 36.8 Å². The Morgan fingerprint density at radius 3 is 2.75 bits per heavy atom. The van der Waals surface area contributed by atoms with Crippen LogP contribution in [0, 0.1) is 11.3 Å². The molecule has 0 unspecified atom stereocenters. The molecule has 2 aromatic carbocycles. The maximum atomic E-state index is 12.5. The van der Waals surface area contributed by atoms with Gasteiger partial charge in [0.25, 0.3) is 5.91 Å². The molecule has 1 aromatic heterocycles. The summed E-state index contributed by atoms with van der Waals surface area (Å²) in [6, 6.07) is 16.5. The molecule has 0 aliphatic rings. The minimum atomic E-state index is -0.525. The average molecular weight is 391 g/mol. The highest BCUT2D eigenvalue weighted by Gasteiger charge is 2.13. The number of ether oxygens (including phenoxy) is 2. The molecule has 0 aliphatic heterocycles. The van der Waals surface area contributed by atoms with E-state index in [9.17, 15) is 10.1 Å². The van der Waals surface area contributed by atoms with E-state index >= 15 is 0 Å². The van der Waals surface area contributed by atoms with Gasteiger partial charge in [-0.1, -0.05) is 24.3 Å². The number of hydrogen-bond donors (Lipinski definition) is 1. The van der Waals surface area contributed by atoms with Crippen molar-refractivity contribution in [3.63, 3.8) is 0 Å². The van der Waals surface area contributed by atoms with Gasteiger partial charge in [0, 0.05) is 10.9 Å². The topological polar surface area (TPSA) is 84.2 Å². The van der Waals surface area contributed by atoms with E-state index in [1.165, 1.54) is 24.5 Å². The van der Waals surface area contributed by atoms with Crippen LogP contribution in [-0.4, -0.2) is 25.1 Å². The number of hydrogen-bond acceptors (Lipinski definition) is 6. The summed E-state index contributed by atoms with van der Waals surface area (Å²) in [4.78, 5) is 17.0. The lowest BCUT2D eigenvalue weighted by Gasteiger charge is -2.08. The molecule has 0 radical (unpaired) electrons. The predicted octanol–water partition coefficient (Wildman–Crippen LogP) is 4.37. The van der Waals surface area contributed by atoms with Crippen LogP contribution in [-0.2, 0) is 4.79 Å². The molecule has 1 amide bonds. The van der Waals surface area contributed by atoms with Crippen molar-refractivity contribution < 1.29 is 14.3 Å². The normalized spacial score (nSPS) is 10.8. The molecule has 0 spiro atoms. The Balaban J connectivity index is 1.82. The molecule has 0 bridgehead atoms. The van der Waals surface area contributed by atoms with Crippen molar-refractivity contribution in [2.75, 3.05) is 19.5 Å². The fraction of sp³-hybridized carbons (Fsp3) is 0.0952. The Hall–Kier alpha value is -3.63. The number of benzene rings is 2. The summed E-state index contributed by atoms with van der Waals surface area (Å²) < 4.78 is 10.4. The number of para-hydroxylation sites is 2. The first-order valence-corrected chi connectivity index (χ1v) is 9.18. The number of carbonyl (C=O) groups is 1. The lowest BCUT2D eigenvalue weighted by molar-refractivity contribution is -0.112. The highest BCUT2D eigenvalue weighted by Crippen LogP contribution is 2.28. The van der Waals surface area contributed by atoms with Crippen molar-refractivity contribution in [1.82, 2.24) is 4.98 Å². The SMILES string of the molecule is COc1cccc(-c2nc(/C=C(/C#N)C(=O)Nc3ccccc3OC)cs2)c1. The minimum Gasteiger partial charge on any atom is -0.497 e. The summed E-state index contributed by atoms with van der Waals surface area (Å²) in [7, 11) is 3.12.